The first kappa shape index (κ1) is 15.0. The molecule has 1 aliphatic carbocycles. The Balaban J connectivity index is 1.68. The van der Waals surface area contributed by atoms with Crippen molar-refractivity contribution in [2.45, 2.75) is 44.2 Å². The Morgan fingerprint density at radius 2 is 1.91 bits per heavy atom. The van der Waals surface area contributed by atoms with E-state index in [0.29, 0.717) is 12.3 Å². The number of rotatable bonds is 4. The molecule has 0 radical (unpaired) electrons. The SMILES string of the molecule is O=C(CN1C(C(=O)O)CC2CCCCC21)Nc1ccccc1. The minimum absolute atomic E-state index is 0.135. The minimum Gasteiger partial charge on any atom is -0.480 e. The predicted molar refractivity (Wildman–Crippen MR) is 83.6 cm³/mol. The molecule has 3 rings (SSSR count). The first-order valence-corrected chi connectivity index (χ1v) is 7.98. The van der Waals surface area contributed by atoms with Gasteiger partial charge in [-0.2, -0.15) is 0 Å². The number of nitrogens with zero attached hydrogens (tertiary/aromatic N) is 1. The van der Waals surface area contributed by atoms with Crippen molar-refractivity contribution < 1.29 is 14.7 Å². The second-order valence-electron chi connectivity index (χ2n) is 6.29. The van der Waals surface area contributed by atoms with E-state index in [1.807, 2.05) is 35.2 Å². The minimum atomic E-state index is -0.804. The quantitative estimate of drug-likeness (QED) is 0.895. The molecule has 1 amide bonds. The number of anilines is 1. The molecule has 3 atom stereocenters. The molecule has 1 saturated heterocycles. The van der Waals surface area contributed by atoms with Gasteiger partial charge in [-0.1, -0.05) is 31.0 Å². The van der Waals surface area contributed by atoms with Gasteiger partial charge in [0, 0.05) is 11.7 Å². The zero-order valence-electron chi connectivity index (χ0n) is 12.6. The second kappa shape index (κ2) is 6.48. The van der Waals surface area contributed by atoms with Gasteiger partial charge in [0.25, 0.3) is 0 Å². The molecule has 22 heavy (non-hydrogen) atoms. The highest BCUT2D eigenvalue weighted by Crippen LogP contribution is 2.39. The standard InChI is InChI=1S/C17H22N2O3/c20-16(18-13-7-2-1-3-8-13)11-19-14-9-5-4-6-12(14)10-15(19)17(21)22/h1-3,7-8,12,14-15H,4-6,9-11H2,(H,18,20)(H,21,22). The van der Waals surface area contributed by atoms with E-state index < -0.39 is 12.0 Å². The molecule has 1 aromatic rings. The number of fused-ring (bicyclic) bond motifs is 1. The molecule has 1 aromatic carbocycles. The van der Waals surface area contributed by atoms with Crippen LogP contribution in [0.5, 0.6) is 0 Å². The van der Waals surface area contributed by atoms with Gasteiger partial charge in [0.15, 0.2) is 0 Å². The highest BCUT2D eigenvalue weighted by molar-refractivity contribution is 5.92. The third kappa shape index (κ3) is 3.14. The van der Waals surface area contributed by atoms with Crippen LogP contribution in [0.4, 0.5) is 5.69 Å². The van der Waals surface area contributed by atoms with Gasteiger partial charge in [-0.3, -0.25) is 14.5 Å². The number of carboxylic acids is 1. The highest BCUT2D eigenvalue weighted by atomic mass is 16.4. The number of nitrogens with one attached hydrogen (secondary N) is 1. The van der Waals surface area contributed by atoms with Gasteiger partial charge in [-0.15, -0.1) is 0 Å². The van der Waals surface area contributed by atoms with Crippen molar-refractivity contribution in [2.24, 2.45) is 5.92 Å². The lowest BCUT2D eigenvalue weighted by atomic mass is 9.85. The number of para-hydroxylation sites is 1. The number of hydrogen-bond donors (Lipinski definition) is 2. The summed E-state index contributed by atoms with van der Waals surface area (Å²) in [6.45, 7) is 0.160. The first-order valence-electron chi connectivity index (χ1n) is 7.98. The largest absolute Gasteiger partial charge is 0.480 e. The molecule has 5 heteroatoms. The lowest BCUT2D eigenvalue weighted by molar-refractivity contribution is -0.143. The molecule has 1 heterocycles. The number of carboxylic acid groups (broad SMARTS) is 1. The van der Waals surface area contributed by atoms with Crippen molar-refractivity contribution in [3.63, 3.8) is 0 Å². The van der Waals surface area contributed by atoms with Crippen LogP contribution in [-0.4, -0.2) is 40.5 Å². The fraction of sp³-hybridized carbons (Fsp3) is 0.529. The number of benzene rings is 1. The zero-order valence-corrected chi connectivity index (χ0v) is 12.6. The van der Waals surface area contributed by atoms with Crippen molar-refractivity contribution in [1.82, 2.24) is 4.90 Å². The predicted octanol–water partition coefficient (Wildman–Crippen LogP) is 2.34. The van der Waals surface area contributed by atoms with Gasteiger partial charge in [0.1, 0.15) is 6.04 Å². The molecule has 2 fully saturated rings. The van der Waals surface area contributed by atoms with Crippen LogP contribution in [0.3, 0.4) is 0 Å². The molecule has 0 aromatic heterocycles. The summed E-state index contributed by atoms with van der Waals surface area (Å²) in [5.41, 5.74) is 0.749. The van der Waals surface area contributed by atoms with E-state index in [0.717, 1.165) is 24.9 Å². The Labute approximate surface area is 130 Å². The number of hydrogen-bond acceptors (Lipinski definition) is 3. The van der Waals surface area contributed by atoms with Crippen LogP contribution in [0.2, 0.25) is 0 Å². The highest BCUT2D eigenvalue weighted by Gasteiger charge is 2.45. The van der Waals surface area contributed by atoms with Crippen LogP contribution in [0.25, 0.3) is 0 Å². The molecule has 0 bridgehead atoms. The average Bonchev–Trinajstić information content (AvgIpc) is 2.87. The number of carbonyl (C=O) groups is 2. The molecule has 5 nitrogen and oxygen atoms in total. The van der Waals surface area contributed by atoms with Gasteiger partial charge in [0.2, 0.25) is 5.91 Å². The Bertz CT molecular complexity index is 546. The molecular formula is C17H22N2O3. The van der Waals surface area contributed by atoms with Gasteiger partial charge in [-0.25, -0.2) is 0 Å². The fourth-order valence-corrected chi connectivity index (χ4v) is 3.91. The summed E-state index contributed by atoms with van der Waals surface area (Å²) in [6.07, 6.45) is 5.08. The average molecular weight is 302 g/mol. The van der Waals surface area contributed by atoms with E-state index in [9.17, 15) is 14.7 Å². The van der Waals surface area contributed by atoms with Crippen LogP contribution < -0.4 is 5.32 Å². The van der Waals surface area contributed by atoms with Crippen molar-refractivity contribution in [2.75, 3.05) is 11.9 Å². The van der Waals surface area contributed by atoms with Crippen LogP contribution >= 0.6 is 0 Å². The molecule has 0 spiro atoms. The smallest absolute Gasteiger partial charge is 0.320 e. The van der Waals surface area contributed by atoms with E-state index in [1.165, 1.54) is 6.42 Å². The van der Waals surface area contributed by atoms with Gasteiger partial charge in [0.05, 0.1) is 6.54 Å². The molecule has 118 valence electrons. The number of likely N-dealkylation sites (tertiary alicyclic amines) is 1. The van der Waals surface area contributed by atoms with E-state index in [4.69, 9.17) is 0 Å². The number of amides is 1. The monoisotopic (exact) mass is 302 g/mol. The summed E-state index contributed by atoms with van der Waals surface area (Å²) < 4.78 is 0. The maximum atomic E-state index is 12.3. The Kier molecular flexibility index (Phi) is 4.43. The lowest BCUT2D eigenvalue weighted by Crippen LogP contribution is -2.46. The number of aliphatic carboxylic acids is 1. The van der Waals surface area contributed by atoms with Crippen LogP contribution in [0.1, 0.15) is 32.1 Å². The third-order valence-corrected chi connectivity index (χ3v) is 4.89. The van der Waals surface area contributed by atoms with Crippen LogP contribution in [0.15, 0.2) is 30.3 Å². The fourth-order valence-electron chi connectivity index (χ4n) is 3.91. The molecule has 2 aliphatic rings. The Morgan fingerprint density at radius 3 is 2.64 bits per heavy atom. The summed E-state index contributed by atoms with van der Waals surface area (Å²) in [7, 11) is 0. The van der Waals surface area contributed by atoms with Crippen LogP contribution in [-0.2, 0) is 9.59 Å². The van der Waals surface area contributed by atoms with E-state index >= 15 is 0 Å². The maximum Gasteiger partial charge on any atom is 0.320 e. The Morgan fingerprint density at radius 1 is 1.18 bits per heavy atom. The van der Waals surface area contributed by atoms with E-state index in [-0.39, 0.29) is 18.5 Å². The summed E-state index contributed by atoms with van der Waals surface area (Å²) in [4.78, 5) is 25.7. The molecule has 3 unspecified atom stereocenters. The Hall–Kier alpha value is -1.88. The van der Waals surface area contributed by atoms with Gasteiger partial charge in [-0.05, 0) is 37.3 Å². The van der Waals surface area contributed by atoms with E-state index in [1.54, 1.807) is 0 Å². The van der Waals surface area contributed by atoms with E-state index in [2.05, 4.69) is 5.32 Å². The normalized spacial score (nSPS) is 28.1. The summed E-state index contributed by atoms with van der Waals surface area (Å²) in [6, 6.07) is 9.01. The summed E-state index contributed by atoms with van der Waals surface area (Å²) >= 11 is 0. The van der Waals surface area contributed by atoms with Gasteiger partial charge >= 0.3 is 5.97 Å². The first-order chi connectivity index (χ1) is 10.6. The lowest BCUT2D eigenvalue weighted by Gasteiger charge is -2.32. The maximum absolute atomic E-state index is 12.3. The van der Waals surface area contributed by atoms with Crippen molar-refractivity contribution >= 4 is 17.6 Å². The zero-order chi connectivity index (χ0) is 15.5. The molecule has 1 saturated carbocycles. The molecule has 2 N–H and O–H groups in total. The summed E-state index contributed by atoms with van der Waals surface area (Å²) in [5.74, 6) is -0.509. The van der Waals surface area contributed by atoms with Gasteiger partial charge < -0.3 is 10.4 Å². The molecule has 1 aliphatic heterocycles. The third-order valence-electron chi connectivity index (χ3n) is 4.89. The van der Waals surface area contributed by atoms with Crippen molar-refractivity contribution in [3.05, 3.63) is 30.3 Å². The van der Waals surface area contributed by atoms with Crippen molar-refractivity contribution in [3.8, 4) is 0 Å². The molecular weight excluding hydrogens is 280 g/mol. The van der Waals surface area contributed by atoms with Crippen LogP contribution in [0, 0.1) is 5.92 Å². The summed E-state index contributed by atoms with van der Waals surface area (Å²) in [5, 5.41) is 12.3. The number of carbonyl (C=O) groups excluding carboxylic acids is 1. The second-order valence-corrected chi connectivity index (χ2v) is 6.29. The topological polar surface area (TPSA) is 69.6 Å². The van der Waals surface area contributed by atoms with Crippen molar-refractivity contribution in [1.29, 1.82) is 0 Å².